The minimum atomic E-state index is -1.72. The second-order valence-electron chi connectivity index (χ2n) is 9.01. The molecule has 0 heterocycles. The normalized spacial score (nSPS) is 14.2. The van der Waals surface area contributed by atoms with Gasteiger partial charge in [-0.05, 0) is 48.5 Å². The van der Waals surface area contributed by atoms with Gasteiger partial charge in [0.25, 0.3) is 0 Å². The molecule has 13 heteroatoms. The summed E-state index contributed by atoms with van der Waals surface area (Å²) in [7, 11) is 0. The molecule has 4 unspecified atom stereocenters. The van der Waals surface area contributed by atoms with E-state index in [1.165, 1.54) is 36.0 Å². The van der Waals surface area contributed by atoms with Gasteiger partial charge in [0, 0.05) is 6.42 Å². The summed E-state index contributed by atoms with van der Waals surface area (Å²) in [5, 5.41) is 35.1. The van der Waals surface area contributed by atoms with Crippen LogP contribution in [0.1, 0.15) is 38.7 Å². The van der Waals surface area contributed by atoms with Crippen molar-refractivity contribution >= 4 is 41.4 Å². The van der Waals surface area contributed by atoms with E-state index in [4.69, 9.17) is 10.8 Å². The molecule has 206 valence electrons. The molecular formula is C24H36N4O8S. The maximum absolute atomic E-state index is 13.2. The zero-order chi connectivity index (χ0) is 28.1. The van der Waals surface area contributed by atoms with Crippen molar-refractivity contribution in [3.63, 3.8) is 0 Å². The topological polar surface area (TPSA) is 208 Å². The lowest BCUT2D eigenvalue weighted by Crippen LogP contribution is -2.58. The molecule has 0 aliphatic heterocycles. The standard InChI is InChI=1S/C24H36N4O8S/c1-13(2)10-16(25)21(32)26-17(8-9-37-3)22(33)27-18(11-14-4-6-15(29)7-5-14)23(34)28-19(24(35)36)12-20(30)31/h4-7,13,16-19,29H,8-12,25H2,1-3H3,(H,26,32)(H,27,33)(H,28,34)(H,30,31)(H,35,36). The first-order valence-corrected chi connectivity index (χ1v) is 13.1. The Morgan fingerprint density at radius 1 is 0.892 bits per heavy atom. The molecule has 1 aromatic rings. The molecular weight excluding hydrogens is 504 g/mol. The molecule has 1 rings (SSSR count). The first-order valence-electron chi connectivity index (χ1n) is 11.7. The van der Waals surface area contributed by atoms with Gasteiger partial charge in [-0.1, -0.05) is 26.0 Å². The lowest BCUT2D eigenvalue weighted by molar-refractivity contribution is -0.147. The van der Waals surface area contributed by atoms with Gasteiger partial charge in [0.1, 0.15) is 23.9 Å². The Kier molecular flexibility index (Phi) is 13.5. The number of aromatic hydroxyl groups is 1. The van der Waals surface area contributed by atoms with Gasteiger partial charge in [0.05, 0.1) is 12.5 Å². The summed E-state index contributed by atoms with van der Waals surface area (Å²) in [5.74, 6) is -4.41. The summed E-state index contributed by atoms with van der Waals surface area (Å²) in [5.41, 5.74) is 6.48. The molecule has 0 bridgehead atoms. The van der Waals surface area contributed by atoms with Crippen LogP contribution in [0, 0.1) is 5.92 Å². The van der Waals surface area contributed by atoms with Crippen LogP contribution in [0.5, 0.6) is 5.75 Å². The van der Waals surface area contributed by atoms with Gasteiger partial charge in [0.15, 0.2) is 0 Å². The van der Waals surface area contributed by atoms with E-state index in [0.717, 1.165) is 0 Å². The first-order chi connectivity index (χ1) is 17.3. The molecule has 0 spiro atoms. The number of rotatable bonds is 16. The third kappa shape index (κ3) is 12.0. The molecule has 0 saturated carbocycles. The predicted octanol–water partition coefficient (Wildman–Crippen LogP) is 0.0749. The molecule has 0 fully saturated rings. The summed E-state index contributed by atoms with van der Waals surface area (Å²) in [6.45, 7) is 3.82. The van der Waals surface area contributed by atoms with E-state index in [0.29, 0.717) is 17.7 Å². The van der Waals surface area contributed by atoms with Crippen LogP contribution >= 0.6 is 11.8 Å². The summed E-state index contributed by atoms with van der Waals surface area (Å²) in [4.78, 5) is 61.2. The number of carboxylic acids is 2. The number of nitrogens with one attached hydrogen (secondary N) is 3. The number of hydrogen-bond donors (Lipinski definition) is 7. The van der Waals surface area contributed by atoms with Crippen LogP contribution in [0.15, 0.2) is 24.3 Å². The number of nitrogens with two attached hydrogens (primary N) is 1. The second-order valence-corrected chi connectivity index (χ2v) is 9.99. The van der Waals surface area contributed by atoms with Crippen molar-refractivity contribution in [3.8, 4) is 5.75 Å². The minimum Gasteiger partial charge on any atom is -0.508 e. The van der Waals surface area contributed by atoms with E-state index in [2.05, 4.69) is 16.0 Å². The van der Waals surface area contributed by atoms with Crippen molar-refractivity contribution in [1.29, 1.82) is 0 Å². The molecule has 4 atom stereocenters. The van der Waals surface area contributed by atoms with E-state index < -0.39 is 60.2 Å². The number of phenolic OH excluding ortho intramolecular Hbond substituents is 1. The highest BCUT2D eigenvalue weighted by Crippen LogP contribution is 2.13. The van der Waals surface area contributed by atoms with Crippen LogP contribution in [0.4, 0.5) is 0 Å². The summed E-state index contributed by atoms with van der Waals surface area (Å²) in [6.07, 6.45) is 1.54. The van der Waals surface area contributed by atoms with Crippen LogP contribution in [0.25, 0.3) is 0 Å². The molecule has 0 radical (unpaired) electrons. The number of phenols is 1. The van der Waals surface area contributed by atoms with Gasteiger partial charge in [-0.15, -0.1) is 0 Å². The quantitative estimate of drug-likeness (QED) is 0.150. The second kappa shape index (κ2) is 15.7. The maximum Gasteiger partial charge on any atom is 0.326 e. The summed E-state index contributed by atoms with van der Waals surface area (Å²) < 4.78 is 0. The van der Waals surface area contributed by atoms with Gasteiger partial charge in [-0.3, -0.25) is 19.2 Å². The summed E-state index contributed by atoms with van der Waals surface area (Å²) in [6, 6.07) is 0.950. The van der Waals surface area contributed by atoms with E-state index >= 15 is 0 Å². The largest absolute Gasteiger partial charge is 0.508 e. The van der Waals surface area contributed by atoms with Crippen molar-refractivity contribution < 1.29 is 39.3 Å². The van der Waals surface area contributed by atoms with Crippen molar-refractivity contribution in [2.24, 2.45) is 11.7 Å². The van der Waals surface area contributed by atoms with E-state index in [9.17, 15) is 34.2 Å². The Morgan fingerprint density at radius 2 is 1.43 bits per heavy atom. The number of hydrogen-bond acceptors (Lipinski definition) is 8. The Balaban J connectivity index is 3.14. The van der Waals surface area contributed by atoms with Gasteiger partial charge >= 0.3 is 11.9 Å². The fourth-order valence-electron chi connectivity index (χ4n) is 3.39. The Morgan fingerprint density at radius 3 is 1.95 bits per heavy atom. The van der Waals surface area contributed by atoms with Gasteiger partial charge in [0.2, 0.25) is 17.7 Å². The average molecular weight is 541 g/mol. The SMILES string of the molecule is CSCCC(NC(=O)C(N)CC(C)C)C(=O)NC(Cc1ccc(O)cc1)C(=O)NC(CC(=O)O)C(=O)O. The molecule has 0 saturated heterocycles. The predicted molar refractivity (Wildman–Crippen MR) is 138 cm³/mol. The Hall–Kier alpha value is -3.32. The first kappa shape index (κ1) is 31.7. The third-order valence-corrected chi connectivity index (χ3v) is 5.95. The number of benzene rings is 1. The molecule has 0 aliphatic carbocycles. The van der Waals surface area contributed by atoms with Crippen molar-refractivity contribution in [3.05, 3.63) is 29.8 Å². The third-order valence-electron chi connectivity index (χ3n) is 5.31. The van der Waals surface area contributed by atoms with Crippen molar-refractivity contribution in [1.82, 2.24) is 16.0 Å². The van der Waals surface area contributed by atoms with Crippen LogP contribution in [0.3, 0.4) is 0 Å². The fraction of sp³-hybridized carbons (Fsp3) is 0.542. The van der Waals surface area contributed by atoms with Crippen molar-refractivity contribution in [2.75, 3.05) is 12.0 Å². The molecule has 8 N–H and O–H groups in total. The number of amides is 3. The monoisotopic (exact) mass is 540 g/mol. The smallest absolute Gasteiger partial charge is 0.326 e. The van der Waals surface area contributed by atoms with Gasteiger partial charge in [-0.25, -0.2) is 4.79 Å². The van der Waals surface area contributed by atoms with E-state index in [1.54, 1.807) is 0 Å². The molecule has 0 aliphatic rings. The number of aliphatic carboxylic acids is 2. The van der Waals surface area contributed by atoms with Crippen LogP contribution in [0.2, 0.25) is 0 Å². The average Bonchev–Trinajstić information content (AvgIpc) is 2.81. The lowest BCUT2D eigenvalue weighted by Gasteiger charge is -2.25. The van der Waals surface area contributed by atoms with E-state index in [-0.39, 0.29) is 24.5 Å². The zero-order valence-corrected chi connectivity index (χ0v) is 21.9. The fourth-order valence-corrected chi connectivity index (χ4v) is 3.87. The molecule has 3 amide bonds. The number of carbonyl (C=O) groups is 5. The van der Waals surface area contributed by atoms with Crippen LogP contribution in [-0.2, 0) is 30.4 Å². The van der Waals surface area contributed by atoms with Crippen LogP contribution < -0.4 is 21.7 Å². The molecule has 37 heavy (non-hydrogen) atoms. The van der Waals surface area contributed by atoms with Crippen LogP contribution in [-0.4, -0.2) is 81.2 Å². The van der Waals surface area contributed by atoms with Gasteiger partial charge in [-0.2, -0.15) is 11.8 Å². The number of carbonyl (C=O) groups excluding carboxylic acids is 3. The Labute approximate surface area is 219 Å². The maximum atomic E-state index is 13.2. The number of carboxylic acid groups (broad SMARTS) is 2. The zero-order valence-electron chi connectivity index (χ0n) is 21.1. The molecule has 1 aromatic carbocycles. The highest BCUT2D eigenvalue weighted by molar-refractivity contribution is 7.98. The molecule has 12 nitrogen and oxygen atoms in total. The number of thioether (sulfide) groups is 1. The van der Waals surface area contributed by atoms with Gasteiger partial charge < -0.3 is 37.0 Å². The van der Waals surface area contributed by atoms with Crippen molar-refractivity contribution in [2.45, 2.75) is 63.7 Å². The lowest BCUT2D eigenvalue weighted by atomic mass is 10.0. The highest BCUT2D eigenvalue weighted by Gasteiger charge is 2.31. The Bertz CT molecular complexity index is 941. The minimum absolute atomic E-state index is 0.0150. The molecule has 0 aromatic heterocycles. The highest BCUT2D eigenvalue weighted by atomic mass is 32.2. The van der Waals surface area contributed by atoms with E-state index in [1.807, 2.05) is 20.1 Å². The summed E-state index contributed by atoms with van der Waals surface area (Å²) >= 11 is 1.45.